The molecule has 0 aliphatic heterocycles. The summed E-state index contributed by atoms with van der Waals surface area (Å²) in [5, 5.41) is 5.44. The average molecular weight is 310 g/mol. The summed E-state index contributed by atoms with van der Waals surface area (Å²) in [6.45, 7) is 3.26. The zero-order valence-electron chi connectivity index (χ0n) is 13.1. The van der Waals surface area contributed by atoms with Gasteiger partial charge in [0, 0.05) is 16.9 Å². The van der Waals surface area contributed by atoms with Crippen molar-refractivity contribution in [3.05, 3.63) is 59.7 Å². The lowest BCUT2D eigenvalue weighted by Crippen LogP contribution is -2.16. The van der Waals surface area contributed by atoms with Crippen molar-refractivity contribution in [3.63, 3.8) is 0 Å². The molecule has 118 valence electrons. The van der Waals surface area contributed by atoms with Crippen LogP contribution in [-0.2, 0) is 9.59 Å². The van der Waals surface area contributed by atoms with Gasteiger partial charge in [0.05, 0.1) is 6.42 Å². The number of amides is 2. The summed E-state index contributed by atoms with van der Waals surface area (Å²) < 4.78 is 0. The van der Waals surface area contributed by atoms with Crippen molar-refractivity contribution in [2.45, 2.75) is 20.3 Å². The summed E-state index contributed by atoms with van der Waals surface area (Å²) in [6, 6.07) is 14.1. The van der Waals surface area contributed by atoms with Crippen LogP contribution in [0.15, 0.2) is 48.5 Å². The molecule has 23 heavy (non-hydrogen) atoms. The van der Waals surface area contributed by atoms with Crippen LogP contribution < -0.4 is 10.6 Å². The molecular weight excluding hydrogens is 292 g/mol. The number of nitrogens with one attached hydrogen (secondary N) is 2. The Morgan fingerprint density at radius 3 is 2.39 bits per heavy atom. The number of hydrogen-bond acceptors (Lipinski definition) is 3. The molecule has 0 heterocycles. The maximum atomic E-state index is 12.3. The van der Waals surface area contributed by atoms with Crippen LogP contribution in [0.4, 0.5) is 11.4 Å². The molecule has 0 atom stereocenters. The fraction of sp³-hybridized carbons (Fsp3) is 0.167. The van der Waals surface area contributed by atoms with Gasteiger partial charge in [-0.25, -0.2) is 0 Å². The van der Waals surface area contributed by atoms with Gasteiger partial charge >= 0.3 is 0 Å². The Labute approximate surface area is 134 Å². The Balaban J connectivity index is 2.10. The van der Waals surface area contributed by atoms with Gasteiger partial charge in [-0.1, -0.05) is 24.3 Å². The largest absolute Gasteiger partial charge is 0.326 e. The van der Waals surface area contributed by atoms with Gasteiger partial charge in [-0.3, -0.25) is 14.4 Å². The van der Waals surface area contributed by atoms with Crippen LogP contribution in [-0.4, -0.2) is 17.6 Å². The second-order valence-electron chi connectivity index (χ2n) is 5.28. The fourth-order valence-electron chi connectivity index (χ4n) is 2.08. The smallest absolute Gasteiger partial charge is 0.255 e. The van der Waals surface area contributed by atoms with E-state index in [1.165, 1.54) is 6.92 Å². The third-order valence-corrected chi connectivity index (χ3v) is 3.21. The van der Waals surface area contributed by atoms with Crippen LogP contribution in [0.2, 0.25) is 0 Å². The highest BCUT2D eigenvalue weighted by Crippen LogP contribution is 2.16. The standard InChI is InChI=1S/C18H18N2O3/c1-12-6-3-4-9-16(12)20-18(23)14-7-5-8-15(11-14)19-17(22)10-13(2)21/h3-9,11H,10H2,1-2H3,(H,19,22)(H,20,23). The zero-order valence-corrected chi connectivity index (χ0v) is 13.1. The predicted molar refractivity (Wildman–Crippen MR) is 89.5 cm³/mol. The lowest BCUT2D eigenvalue weighted by atomic mass is 10.1. The fourth-order valence-corrected chi connectivity index (χ4v) is 2.08. The number of carbonyl (C=O) groups excluding carboxylic acids is 3. The van der Waals surface area contributed by atoms with Gasteiger partial charge in [-0.05, 0) is 43.7 Å². The number of rotatable bonds is 5. The molecule has 0 saturated carbocycles. The molecule has 5 nitrogen and oxygen atoms in total. The minimum atomic E-state index is -0.394. The van der Waals surface area contributed by atoms with Gasteiger partial charge < -0.3 is 10.6 Å². The maximum Gasteiger partial charge on any atom is 0.255 e. The Morgan fingerprint density at radius 1 is 0.957 bits per heavy atom. The molecule has 0 unspecified atom stereocenters. The highest BCUT2D eigenvalue weighted by atomic mass is 16.2. The number of para-hydroxylation sites is 1. The van der Waals surface area contributed by atoms with Gasteiger partial charge in [0.25, 0.3) is 5.91 Å². The normalized spacial score (nSPS) is 10.0. The van der Waals surface area contributed by atoms with Crippen LogP contribution in [0.5, 0.6) is 0 Å². The summed E-state index contributed by atoms with van der Waals surface area (Å²) in [7, 11) is 0. The van der Waals surface area contributed by atoms with Crippen LogP contribution in [0.1, 0.15) is 29.3 Å². The number of anilines is 2. The van der Waals surface area contributed by atoms with E-state index in [1.54, 1.807) is 24.3 Å². The molecule has 0 aromatic heterocycles. The minimum Gasteiger partial charge on any atom is -0.326 e. The Kier molecular flexibility index (Phi) is 5.25. The summed E-state index contributed by atoms with van der Waals surface area (Å²) in [4.78, 5) is 34.8. The topological polar surface area (TPSA) is 75.3 Å². The van der Waals surface area contributed by atoms with Gasteiger partial charge in [-0.2, -0.15) is 0 Å². The van der Waals surface area contributed by atoms with Gasteiger partial charge in [0.2, 0.25) is 5.91 Å². The molecule has 2 aromatic carbocycles. The van der Waals surface area contributed by atoms with Gasteiger partial charge in [0.1, 0.15) is 5.78 Å². The first-order valence-corrected chi connectivity index (χ1v) is 7.22. The molecule has 5 heteroatoms. The highest BCUT2D eigenvalue weighted by molar-refractivity contribution is 6.07. The number of benzene rings is 2. The monoisotopic (exact) mass is 310 g/mol. The number of aryl methyl sites for hydroxylation is 1. The first-order valence-electron chi connectivity index (χ1n) is 7.22. The molecule has 0 radical (unpaired) electrons. The van der Waals surface area contributed by atoms with E-state index >= 15 is 0 Å². The third-order valence-electron chi connectivity index (χ3n) is 3.21. The van der Waals surface area contributed by atoms with E-state index in [-0.39, 0.29) is 18.1 Å². The van der Waals surface area contributed by atoms with E-state index in [4.69, 9.17) is 0 Å². The van der Waals surface area contributed by atoms with Crippen LogP contribution >= 0.6 is 0 Å². The van der Waals surface area contributed by atoms with Crippen molar-refractivity contribution in [1.29, 1.82) is 0 Å². The molecule has 2 aromatic rings. The number of Topliss-reactive ketones (excluding diaryl/α,β-unsaturated/α-hetero) is 1. The maximum absolute atomic E-state index is 12.3. The lowest BCUT2D eigenvalue weighted by Gasteiger charge is -2.09. The first-order chi connectivity index (χ1) is 11.0. The molecule has 0 spiro atoms. The van der Waals surface area contributed by atoms with Crippen molar-refractivity contribution in [2.75, 3.05) is 10.6 Å². The molecule has 2 rings (SSSR count). The van der Waals surface area contributed by atoms with Crippen LogP contribution in [0.25, 0.3) is 0 Å². The second kappa shape index (κ2) is 7.35. The zero-order chi connectivity index (χ0) is 16.8. The Morgan fingerprint density at radius 2 is 1.70 bits per heavy atom. The summed E-state index contributed by atoms with van der Waals surface area (Å²) in [6.07, 6.45) is -0.181. The molecule has 2 N–H and O–H groups in total. The van der Waals surface area contributed by atoms with Crippen molar-refractivity contribution in [2.24, 2.45) is 0 Å². The van der Waals surface area contributed by atoms with E-state index in [0.29, 0.717) is 11.3 Å². The molecule has 0 bridgehead atoms. The average Bonchev–Trinajstić information content (AvgIpc) is 2.49. The van der Waals surface area contributed by atoms with Crippen LogP contribution in [0.3, 0.4) is 0 Å². The highest BCUT2D eigenvalue weighted by Gasteiger charge is 2.10. The Bertz CT molecular complexity index is 753. The minimum absolute atomic E-state index is 0.181. The second-order valence-corrected chi connectivity index (χ2v) is 5.28. The lowest BCUT2D eigenvalue weighted by molar-refractivity contribution is -0.124. The number of carbonyl (C=O) groups is 3. The Hall–Kier alpha value is -2.95. The molecule has 0 aliphatic carbocycles. The SMILES string of the molecule is CC(=O)CC(=O)Nc1cccc(C(=O)Nc2ccccc2C)c1. The van der Waals surface area contributed by atoms with E-state index in [1.807, 2.05) is 31.2 Å². The third kappa shape index (κ3) is 4.78. The number of hydrogen-bond donors (Lipinski definition) is 2. The van der Waals surface area contributed by atoms with E-state index in [0.717, 1.165) is 11.3 Å². The van der Waals surface area contributed by atoms with E-state index in [9.17, 15) is 14.4 Å². The quantitative estimate of drug-likeness (QED) is 0.833. The molecular formula is C18H18N2O3. The predicted octanol–water partition coefficient (Wildman–Crippen LogP) is 3.16. The van der Waals surface area contributed by atoms with Crippen molar-refractivity contribution < 1.29 is 14.4 Å². The summed E-state index contributed by atoms with van der Waals surface area (Å²) >= 11 is 0. The summed E-state index contributed by atoms with van der Waals surface area (Å²) in [5.74, 6) is -0.869. The van der Waals surface area contributed by atoms with Crippen molar-refractivity contribution >= 4 is 29.0 Å². The van der Waals surface area contributed by atoms with Crippen molar-refractivity contribution in [1.82, 2.24) is 0 Å². The summed E-state index contributed by atoms with van der Waals surface area (Å²) in [5.41, 5.74) is 2.61. The van der Waals surface area contributed by atoms with E-state index in [2.05, 4.69) is 10.6 Å². The van der Waals surface area contributed by atoms with Gasteiger partial charge in [-0.15, -0.1) is 0 Å². The molecule has 0 aliphatic rings. The van der Waals surface area contributed by atoms with Gasteiger partial charge in [0.15, 0.2) is 0 Å². The molecule has 2 amide bonds. The van der Waals surface area contributed by atoms with Crippen LogP contribution in [0, 0.1) is 6.92 Å². The van der Waals surface area contributed by atoms with E-state index < -0.39 is 5.91 Å². The van der Waals surface area contributed by atoms with Crippen molar-refractivity contribution in [3.8, 4) is 0 Å². The number of ketones is 1. The molecule has 0 fully saturated rings. The molecule has 0 saturated heterocycles. The first kappa shape index (κ1) is 16.4.